The normalized spacial score (nSPS) is 23.1. The Kier molecular flexibility index (Phi) is 3.81. The van der Waals surface area contributed by atoms with Gasteiger partial charge in [0.2, 0.25) is 0 Å². The van der Waals surface area contributed by atoms with E-state index in [1.165, 1.54) is 25.0 Å². The molecule has 1 saturated carbocycles. The van der Waals surface area contributed by atoms with Crippen LogP contribution in [0.4, 0.5) is 4.39 Å². The number of nitrogens with zero attached hydrogens (tertiary/aromatic N) is 1. The minimum Gasteiger partial charge on any atom is -0.409 e. The number of benzene rings is 1. The fourth-order valence-electron chi connectivity index (χ4n) is 2.16. The Morgan fingerprint density at radius 2 is 2.33 bits per heavy atom. The highest BCUT2D eigenvalue weighted by atomic mass is 19.1. The highest BCUT2D eigenvalue weighted by Gasteiger charge is 2.34. The van der Waals surface area contributed by atoms with Crippen LogP contribution in [0.3, 0.4) is 0 Å². The zero-order valence-electron chi connectivity index (χ0n) is 10.4. The molecule has 0 radical (unpaired) electrons. The SMILES string of the molecule is CCC1CC1NCc1cc(F)cc(/C(N)=N/O)c1. The topological polar surface area (TPSA) is 70.6 Å². The first-order valence-corrected chi connectivity index (χ1v) is 6.14. The van der Waals surface area contributed by atoms with Gasteiger partial charge in [0.05, 0.1) is 0 Å². The Balaban J connectivity index is 2.02. The molecule has 18 heavy (non-hydrogen) atoms. The summed E-state index contributed by atoms with van der Waals surface area (Å²) in [5.41, 5.74) is 6.66. The number of oxime groups is 1. The van der Waals surface area contributed by atoms with Crippen LogP contribution in [0, 0.1) is 11.7 Å². The molecule has 2 unspecified atom stereocenters. The summed E-state index contributed by atoms with van der Waals surface area (Å²) in [6.07, 6.45) is 2.37. The average molecular weight is 251 g/mol. The summed E-state index contributed by atoms with van der Waals surface area (Å²) in [5.74, 6) is 0.300. The van der Waals surface area contributed by atoms with E-state index in [2.05, 4.69) is 17.4 Å². The minimum atomic E-state index is -0.376. The molecule has 4 N–H and O–H groups in total. The molecule has 1 aliphatic carbocycles. The zero-order valence-corrected chi connectivity index (χ0v) is 10.4. The molecule has 4 nitrogen and oxygen atoms in total. The zero-order chi connectivity index (χ0) is 13.1. The number of halogens is 1. The quantitative estimate of drug-likeness (QED) is 0.323. The molecule has 0 bridgehead atoms. The average Bonchev–Trinajstić information content (AvgIpc) is 3.13. The fraction of sp³-hybridized carbons (Fsp3) is 0.462. The van der Waals surface area contributed by atoms with Gasteiger partial charge in [0.1, 0.15) is 5.82 Å². The van der Waals surface area contributed by atoms with Crippen LogP contribution in [0.25, 0.3) is 0 Å². The molecule has 0 amide bonds. The third kappa shape index (κ3) is 2.98. The van der Waals surface area contributed by atoms with Gasteiger partial charge in [-0.2, -0.15) is 0 Å². The fourth-order valence-corrected chi connectivity index (χ4v) is 2.16. The largest absolute Gasteiger partial charge is 0.409 e. The van der Waals surface area contributed by atoms with Gasteiger partial charge in [-0.3, -0.25) is 0 Å². The molecule has 0 spiro atoms. The molecule has 0 saturated heterocycles. The first-order chi connectivity index (χ1) is 8.63. The maximum absolute atomic E-state index is 13.4. The van der Waals surface area contributed by atoms with Crippen molar-refractivity contribution < 1.29 is 9.60 Å². The molecule has 1 aromatic rings. The van der Waals surface area contributed by atoms with Crippen molar-refractivity contribution in [3.8, 4) is 0 Å². The van der Waals surface area contributed by atoms with Gasteiger partial charge in [-0.25, -0.2) is 4.39 Å². The highest BCUT2D eigenvalue weighted by molar-refractivity contribution is 5.97. The molecule has 2 rings (SSSR count). The van der Waals surface area contributed by atoms with Crippen LogP contribution in [0.15, 0.2) is 23.4 Å². The number of rotatable bonds is 5. The summed E-state index contributed by atoms with van der Waals surface area (Å²) in [5, 5.41) is 14.8. The summed E-state index contributed by atoms with van der Waals surface area (Å²) in [7, 11) is 0. The van der Waals surface area contributed by atoms with Crippen LogP contribution in [0.1, 0.15) is 30.9 Å². The summed E-state index contributed by atoms with van der Waals surface area (Å²) in [6.45, 7) is 2.77. The van der Waals surface area contributed by atoms with E-state index in [0.717, 1.165) is 11.5 Å². The summed E-state index contributed by atoms with van der Waals surface area (Å²) < 4.78 is 13.4. The lowest BCUT2D eigenvalue weighted by Gasteiger charge is -2.07. The summed E-state index contributed by atoms with van der Waals surface area (Å²) in [6, 6.07) is 4.99. The van der Waals surface area contributed by atoms with Crippen molar-refractivity contribution >= 4 is 5.84 Å². The van der Waals surface area contributed by atoms with E-state index in [1.54, 1.807) is 6.07 Å². The molecule has 0 aliphatic heterocycles. The van der Waals surface area contributed by atoms with Crippen molar-refractivity contribution in [3.63, 3.8) is 0 Å². The van der Waals surface area contributed by atoms with Crippen molar-refractivity contribution in [2.24, 2.45) is 16.8 Å². The Hall–Kier alpha value is -1.62. The molecule has 0 heterocycles. The maximum Gasteiger partial charge on any atom is 0.170 e. The number of amidine groups is 1. The minimum absolute atomic E-state index is 0.0754. The lowest BCUT2D eigenvalue weighted by atomic mass is 10.1. The smallest absolute Gasteiger partial charge is 0.170 e. The van der Waals surface area contributed by atoms with Crippen molar-refractivity contribution in [3.05, 3.63) is 35.1 Å². The van der Waals surface area contributed by atoms with Crippen LogP contribution in [0.5, 0.6) is 0 Å². The second kappa shape index (κ2) is 5.35. The van der Waals surface area contributed by atoms with Gasteiger partial charge in [-0.05, 0) is 36.1 Å². The number of hydrogen-bond acceptors (Lipinski definition) is 3. The van der Waals surface area contributed by atoms with Gasteiger partial charge >= 0.3 is 0 Å². The Morgan fingerprint density at radius 1 is 1.56 bits per heavy atom. The Bertz CT molecular complexity index is 462. The van der Waals surface area contributed by atoms with E-state index in [9.17, 15) is 4.39 Å². The van der Waals surface area contributed by atoms with E-state index in [1.807, 2.05) is 0 Å². The maximum atomic E-state index is 13.4. The molecule has 98 valence electrons. The third-order valence-electron chi connectivity index (χ3n) is 3.38. The summed E-state index contributed by atoms with van der Waals surface area (Å²) >= 11 is 0. The van der Waals surface area contributed by atoms with Crippen molar-refractivity contribution in [1.82, 2.24) is 5.32 Å². The Morgan fingerprint density at radius 3 is 2.94 bits per heavy atom. The van der Waals surface area contributed by atoms with E-state index in [-0.39, 0.29) is 11.7 Å². The lowest BCUT2D eigenvalue weighted by molar-refractivity contribution is 0.318. The second-order valence-electron chi connectivity index (χ2n) is 4.72. The molecule has 1 aliphatic rings. The molecular weight excluding hydrogens is 233 g/mol. The molecule has 2 atom stereocenters. The second-order valence-corrected chi connectivity index (χ2v) is 4.72. The highest BCUT2D eigenvalue weighted by Crippen LogP contribution is 2.33. The monoisotopic (exact) mass is 251 g/mol. The van der Waals surface area contributed by atoms with Crippen LogP contribution < -0.4 is 11.1 Å². The van der Waals surface area contributed by atoms with E-state index in [0.29, 0.717) is 18.2 Å². The van der Waals surface area contributed by atoms with Crippen LogP contribution in [0.2, 0.25) is 0 Å². The van der Waals surface area contributed by atoms with E-state index < -0.39 is 0 Å². The number of hydrogen-bond donors (Lipinski definition) is 3. The predicted molar refractivity (Wildman–Crippen MR) is 67.9 cm³/mol. The van der Waals surface area contributed by atoms with Crippen molar-refractivity contribution in [2.75, 3.05) is 0 Å². The standard InChI is InChI=1S/C13H18FN3O/c1-2-9-6-12(9)16-7-8-3-10(13(15)17-18)5-11(14)4-8/h3-5,9,12,16,18H,2,6-7H2,1H3,(H2,15,17). The number of nitrogens with one attached hydrogen (secondary N) is 1. The van der Waals surface area contributed by atoms with Crippen LogP contribution in [-0.4, -0.2) is 17.1 Å². The van der Waals surface area contributed by atoms with Crippen molar-refractivity contribution in [1.29, 1.82) is 0 Å². The predicted octanol–water partition coefficient (Wildman–Crippen LogP) is 1.81. The molecule has 1 aromatic carbocycles. The van der Waals surface area contributed by atoms with Gasteiger partial charge in [0.25, 0.3) is 0 Å². The van der Waals surface area contributed by atoms with Gasteiger partial charge in [-0.1, -0.05) is 18.5 Å². The van der Waals surface area contributed by atoms with Gasteiger partial charge in [-0.15, -0.1) is 0 Å². The van der Waals surface area contributed by atoms with Gasteiger partial charge < -0.3 is 16.3 Å². The van der Waals surface area contributed by atoms with E-state index in [4.69, 9.17) is 10.9 Å². The molecule has 0 aromatic heterocycles. The molecule has 1 fully saturated rings. The van der Waals surface area contributed by atoms with Crippen LogP contribution in [-0.2, 0) is 6.54 Å². The summed E-state index contributed by atoms with van der Waals surface area (Å²) in [4.78, 5) is 0. The molecule has 5 heteroatoms. The Labute approximate surface area is 106 Å². The first-order valence-electron chi connectivity index (χ1n) is 6.14. The number of nitrogens with two attached hydrogens (primary N) is 1. The molecular formula is C13H18FN3O. The van der Waals surface area contributed by atoms with Crippen LogP contribution >= 0.6 is 0 Å². The first kappa shape index (κ1) is 12.8. The van der Waals surface area contributed by atoms with E-state index >= 15 is 0 Å². The third-order valence-corrected chi connectivity index (χ3v) is 3.38. The van der Waals surface area contributed by atoms with Crippen molar-refractivity contribution in [2.45, 2.75) is 32.4 Å². The van der Waals surface area contributed by atoms with Gasteiger partial charge in [0.15, 0.2) is 5.84 Å². The van der Waals surface area contributed by atoms with Gasteiger partial charge in [0, 0.05) is 18.2 Å². The lowest BCUT2D eigenvalue weighted by Crippen LogP contribution is -2.19.